The number of benzene rings is 2. The van der Waals surface area contributed by atoms with Crippen molar-refractivity contribution in [1.29, 1.82) is 0 Å². The van der Waals surface area contributed by atoms with Gasteiger partial charge in [-0.05, 0) is 30.2 Å². The van der Waals surface area contributed by atoms with Crippen LogP contribution < -0.4 is 10.1 Å². The van der Waals surface area contributed by atoms with Crippen LogP contribution in [0.1, 0.15) is 18.9 Å². The van der Waals surface area contributed by atoms with Gasteiger partial charge in [0.15, 0.2) is 0 Å². The van der Waals surface area contributed by atoms with E-state index < -0.39 is 15.9 Å². The Morgan fingerprint density at radius 1 is 1.11 bits per heavy atom. The first-order valence-electron chi connectivity index (χ1n) is 8.62. The smallest absolute Gasteiger partial charge is 0.239 e. The van der Waals surface area contributed by atoms with Gasteiger partial charge in [-0.25, -0.2) is 8.42 Å². The Morgan fingerprint density at radius 2 is 1.78 bits per heavy atom. The van der Waals surface area contributed by atoms with E-state index >= 15 is 0 Å². The second-order valence-corrected chi connectivity index (χ2v) is 7.66. The quantitative estimate of drug-likeness (QED) is 0.715. The number of nitrogens with zero attached hydrogens (tertiary/aromatic N) is 1. The largest absolute Gasteiger partial charge is 0.495 e. The van der Waals surface area contributed by atoms with E-state index in [0.29, 0.717) is 17.9 Å². The Balaban J connectivity index is 2.11. The number of amides is 1. The minimum Gasteiger partial charge on any atom is -0.495 e. The van der Waals surface area contributed by atoms with Crippen molar-refractivity contribution in [2.75, 3.05) is 25.5 Å². The van der Waals surface area contributed by atoms with Crippen LogP contribution in [0.2, 0.25) is 0 Å². The molecule has 0 spiro atoms. The topological polar surface area (TPSA) is 75.7 Å². The number of para-hydroxylation sites is 2. The summed E-state index contributed by atoms with van der Waals surface area (Å²) in [6.45, 7) is 1.84. The van der Waals surface area contributed by atoms with Gasteiger partial charge >= 0.3 is 0 Å². The molecule has 0 aliphatic carbocycles. The molecule has 6 nitrogen and oxygen atoms in total. The summed E-state index contributed by atoms with van der Waals surface area (Å²) in [7, 11) is -2.22. The highest BCUT2D eigenvalue weighted by atomic mass is 32.2. The molecule has 0 heterocycles. The van der Waals surface area contributed by atoms with Crippen LogP contribution in [-0.2, 0) is 14.8 Å². The van der Waals surface area contributed by atoms with Gasteiger partial charge in [-0.3, -0.25) is 4.79 Å². The molecular weight excluding hydrogens is 364 g/mol. The van der Waals surface area contributed by atoms with E-state index in [1.165, 1.54) is 13.2 Å². The standard InChI is InChI=1S/C20H24N2O4S/c1-3-14-22(27(24,25)15-13-17-9-5-4-6-10-17)16-20(23)21-18-11-7-8-12-19(18)26-2/h4-13,15H,3,14,16H2,1-2H3,(H,21,23)/b15-13+. The summed E-state index contributed by atoms with van der Waals surface area (Å²) >= 11 is 0. The molecule has 27 heavy (non-hydrogen) atoms. The average Bonchev–Trinajstić information content (AvgIpc) is 2.67. The van der Waals surface area contributed by atoms with Gasteiger partial charge in [0.1, 0.15) is 5.75 Å². The number of hydrogen-bond acceptors (Lipinski definition) is 4. The van der Waals surface area contributed by atoms with Crippen LogP contribution in [0.3, 0.4) is 0 Å². The van der Waals surface area contributed by atoms with Gasteiger partial charge in [0, 0.05) is 12.0 Å². The number of carbonyl (C=O) groups excluding carboxylic acids is 1. The average molecular weight is 388 g/mol. The lowest BCUT2D eigenvalue weighted by Gasteiger charge is -2.19. The molecule has 2 rings (SSSR count). The maximum absolute atomic E-state index is 12.6. The summed E-state index contributed by atoms with van der Waals surface area (Å²) < 4.78 is 31.6. The molecule has 0 bridgehead atoms. The highest BCUT2D eigenvalue weighted by molar-refractivity contribution is 7.92. The maximum Gasteiger partial charge on any atom is 0.239 e. The number of hydrogen-bond donors (Lipinski definition) is 1. The van der Waals surface area contributed by atoms with Crippen molar-refractivity contribution in [3.05, 3.63) is 65.6 Å². The minimum atomic E-state index is -3.73. The van der Waals surface area contributed by atoms with E-state index in [2.05, 4.69) is 5.32 Å². The van der Waals surface area contributed by atoms with Crippen molar-refractivity contribution in [2.45, 2.75) is 13.3 Å². The van der Waals surface area contributed by atoms with E-state index in [1.54, 1.807) is 24.3 Å². The molecule has 0 unspecified atom stereocenters. The van der Waals surface area contributed by atoms with Crippen LogP contribution in [0.4, 0.5) is 5.69 Å². The fourth-order valence-electron chi connectivity index (χ4n) is 2.46. The summed E-state index contributed by atoms with van der Waals surface area (Å²) in [5.41, 5.74) is 1.27. The predicted molar refractivity (Wildman–Crippen MR) is 108 cm³/mol. The van der Waals surface area contributed by atoms with Crippen molar-refractivity contribution in [3.8, 4) is 5.75 Å². The predicted octanol–water partition coefficient (Wildman–Crippen LogP) is 3.35. The van der Waals surface area contributed by atoms with E-state index in [9.17, 15) is 13.2 Å². The van der Waals surface area contributed by atoms with Gasteiger partial charge in [-0.2, -0.15) is 4.31 Å². The molecular formula is C20H24N2O4S. The van der Waals surface area contributed by atoms with E-state index in [4.69, 9.17) is 4.74 Å². The fourth-order valence-corrected chi connectivity index (χ4v) is 3.69. The number of carbonyl (C=O) groups is 1. The molecule has 0 fully saturated rings. The first-order valence-corrected chi connectivity index (χ1v) is 10.1. The first kappa shape index (κ1) is 20.7. The molecule has 0 aromatic heterocycles. The Bertz CT molecular complexity index is 880. The van der Waals surface area contributed by atoms with Crippen LogP contribution in [0.15, 0.2) is 60.0 Å². The molecule has 1 amide bonds. The Morgan fingerprint density at radius 3 is 2.44 bits per heavy atom. The summed E-state index contributed by atoms with van der Waals surface area (Å²) in [5.74, 6) is 0.0874. The van der Waals surface area contributed by atoms with Crippen molar-refractivity contribution in [1.82, 2.24) is 4.31 Å². The SMILES string of the molecule is CCCN(CC(=O)Nc1ccccc1OC)S(=O)(=O)/C=C/c1ccccc1. The van der Waals surface area contributed by atoms with Crippen molar-refractivity contribution in [2.24, 2.45) is 0 Å². The number of nitrogens with one attached hydrogen (secondary N) is 1. The van der Waals surface area contributed by atoms with Crippen LogP contribution in [-0.4, -0.2) is 38.8 Å². The van der Waals surface area contributed by atoms with E-state index in [1.807, 2.05) is 37.3 Å². The molecule has 2 aromatic carbocycles. The Kier molecular flexibility index (Phi) is 7.57. The summed E-state index contributed by atoms with van der Waals surface area (Å²) in [6, 6.07) is 16.1. The number of sulfonamides is 1. The summed E-state index contributed by atoms with van der Waals surface area (Å²) in [4.78, 5) is 12.4. The van der Waals surface area contributed by atoms with Crippen molar-refractivity contribution in [3.63, 3.8) is 0 Å². The van der Waals surface area contributed by atoms with Gasteiger partial charge in [-0.15, -0.1) is 0 Å². The second-order valence-electron chi connectivity index (χ2n) is 5.84. The first-order chi connectivity index (χ1) is 13.0. The third-order valence-corrected chi connectivity index (χ3v) is 5.28. The zero-order valence-electron chi connectivity index (χ0n) is 15.5. The van der Waals surface area contributed by atoms with Crippen molar-refractivity contribution >= 4 is 27.7 Å². The second kappa shape index (κ2) is 9.89. The molecule has 0 saturated carbocycles. The number of ether oxygens (including phenoxy) is 1. The molecule has 0 atom stereocenters. The minimum absolute atomic E-state index is 0.251. The lowest BCUT2D eigenvalue weighted by atomic mass is 10.2. The molecule has 0 aliphatic rings. The third kappa shape index (κ3) is 6.23. The van der Waals surface area contributed by atoms with E-state index in [-0.39, 0.29) is 13.1 Å². The monoisotopic (exact) mass is 388 g/mol. The molecule has 144 valence electrons. The van der Waals surface area contributed by atoms with Crippen LogP contribution >= 0.6 is 0 Å². The number of methoxy groups -OCH3 is 1. The lowest BCUT2D eigenvalue weighted by Crippen LogP contribution is -2.37. The number of rotatable bonds is 9. The molecule has 0 aliphatic heterocycles. The number of anilines is 1. The van der Waals surface area contributed by atoms with Crippen LogP contribution in [0.5, 0.6) is 5.75 Å². The normalized spacial score (nSPS) is 11.7. The molecule has 7 heteroatoms. The highest BCUT2D eigenvalue weighted by Crippen LogP contribution is 2.23. The van der Waals surface area contributed by atoms with Crippen molar-refractivity contribution < 1.29 is 17.9 Å². The maximum atomic E-state index is 12.6. The summed E-state index contributed by atoms with van der Waals surface area (Å²) in [5, 5.41) is 3.84. The van der Waals surface area contributed by atoms with Gasteiger partial charge in [0.05, 0.1) is 19.3 Å². The van der Waals surface area contributed by atoms with Gasteiger partial charge in [0.25, 0.3) is 0 Å². The van der Waals surface area contributed by atoms with E-state index in [0.717, 1.165) is 15.3 Å². The fraction of sp³-hybridized carbons (Fsp3) is 0.250. The van der Waals surface area contributed by atoms with Gasteiger partial charge in [-0.1, -0.05) is 49.4 Å². The molecule has 0 radical (unpaired) electrons. The highest BCUT2D eigenvalue weighted by Gasteiger charge is 2.22. The Labute approximate surface area is 160 Å². The molecule has 0 saturated heterocycles. The lowest BCUT2D eigenvalue weighted by molar-refractivity contribution is -0.116. The zero-order valence-corrected chi connectivity index (χ0v) is 16.3. The Hall–Kier alpha value is -2.64. The summed E-state index contributed by atoms with van der Waals surface area (Å²) in [6.07, 6.45) is 2.12. The zero-order chi connectivity index (χ0) is 19.7. The third-order valence-electron chi connectivity index (χ3n) is 3.77. The van der Waals surface area contributed by atoms with Crippen LogP contribution in [0.25, 0.3) is 6.08 Å². The van der Waals surface area contributed by atoms with Gasteiger partial charge in [0.2, 0.25) is 15.9 Å². The molecule has 1 N–H and O–H groups in total. The molecule has 2 aromatic rings. The van der Waals surface area contributed by atoms with Gasteiger partial charge < -0.3 is 10.1 Å². The van der Waals surface area contributed by atoms with Crippen LogP contribution in [0, 0.1) is 0 Å².